The van der Waals surface area contributed by atoms with Gasteiger partial charge in [0.25, 0.3) is 5.91 Å². The minimum Gasteiger partial charge on any atom is -0.391 e. The molecule has 0 fully saturated rings. The Morgan fingerprint density at radius 3 is 1.91 bits per heavy atom. The number of carbonyl (C=O) groups is 2. The second kappa shape index (κ2) is 14.9. The molecule has 0 aromatic heterocycles. The van der Waals surface area contributed by atoms with Gasteiger partial charge >= 0.3 is 0 Å². The lowest BCUT2D eigenvalue weighted by Crippen LogP contribution is -2.55. The Labute approximate surface area is 260 Å². The summed E-state index contributed by atoms with van der Waals surface area (Å²) in [6.45, 7) is 5.57. The molecule has 3 atom stereocenters. The number of aliphatic hydroxyl groups is 1. The molecule has 0 bridgehead atoms. The lowest BCUT2D eigenvalue weighted by atomic mass is 9.93. The van der Waals surface area contributed by atoms with Gasteiger partial charge in [-0.1, -0.05) is 78.9 Å². The third-order valence-corrected chi connectivity index (χ3v) is 8.92. The van der Waals surface area contributed by atoms with Crippen LogP contribution < -0.4 is 15.4 Å². The van der Waals surface area contributed by atoms with Gasteiger partial charge in [-0.05, 0) is 49.9 Å². The fourth-order valence-electron chi connectivity index (χ4n) is 4.69. The fraction of sp³-hybridized carbons (Fsp3) is 0.375. The van der Waals surface area contributed by atoms with Gasteiger partial charge in [0.05, 0.1) is 29.9 Å². The highest BCUT2D eigenvalue weighted by molar-refractivity contribution is 7.91. The molecule has 12 heteroatoms. The highest BCUT2D eigenvalue weighted by Crippen LogP contribution is 2.17. The molecule has 0 heterocycles. The van der Waals surface area contributed by atoms with Gasteiger partial charge in [-0.25, -0.2) is 21.6 Å². The zero-order valence-corrected chi connectivity index (χ0v) is 27.0. The summed E-state index contributed by atoms with van der Waals surface area (Å²) >= 11 is 0. The van der Waals surface area contributed by atoms with Gasteiger partial charge in [0.15, 0.2) is 9.84 Å². The minimum atomic E-state index is -3.99. The van der Waals surface area contributed by atoms with Crippen LogP contribution in [0.2, 0.25) is 0 Å². The average Bonchev–Trinajstić information content (AvgIpc) is 2.91. The second-order valence-corrected chi connectivity index (χ2v) is 15.8. The first-order valence-electron chi connectivity index (χ1n) is 14.2. The molecular weight excluding hydrogens is 603 g/mol. The number of nitrogens with one attached hydrogen (secondary N) is 3. The van der Waals surface area contributed by atoms with E-state index in [2.05, 4.69) is 15.4 Å². The maximum atomic E-state index is 13.6. The summed E-state index contributed by atoms with van der Waals surface area (Å²) in [6.07, 6.45) is -0.232. The van der Waals surface area contributed by atoms with Gasteiger partial charge in [0, 0.05) is 17.5 Å². The van der Waals surface area contributed by atoms with Crippen molar-refractivity contribution >= 4 is 31.7 Å². The number of rotatable bonds is 14. The van der Waals surface area contributed by atoms with Gasteiger partial charge in [0.1, 0.15) is 6.04 Å². The Morgan fingerprint density at radius 1 is 0.795 bits per heavy atom. The molecule has 0 unspecified atom stereocenters. The van der Waals surface area contributed by atoms with Crippen LogP contribution in [0.5, 0.6) is 0 Å². The molecule has 0 spiro atoms. The molecular formula is C32H41N3O7S2. The summed E-state index contributed by atoms with van der Waals surface area (Å²) in [7, 11) is -7.93. The summed E-state index contributed by atoms with van der Waals surface area (Å²) in [5.41, 5.74) is 1.70. The Bertz CT molecular complexity index is 1620. The number of sulfone groups is 1. The van der Waals surface area contributed by atoms with E-state index in [9.17, 15) is 31.5 Å². The van der Waals surface area contributed by atoms with Gasteiger partial charge in [-0.15, -0.1) is 0 Å². The van der Waals surface area contributed by atoms with Crippen molar-refractivity contribution in [3.63, 3.8) is 0 Å². The van der Waals surface area contributed by atoms with Gasteiger partial charge in [-0.3, -0.25) is 9.59 Å². The van der Waals surface area contributed by atoms with E-state index in [4.69, 9.17) is 0 Å². The van der Waals surface area contributed by atoms with Crippen LogP contribution in [0.3, 0.4) is 0 Å². The number of aliphatic hydroxyl groups excluding tert-OH is 1. The lowest BCUT2D eigenvalue weighted by molar-refractivity contribution is -0.123. The summed E-state index contributed by atoms with van der Waals surface area (Å²) in [4.78, 5) is 26.6. The number of amides is 2. The predicted octanol–water partition coefficient (Wildman–Crippen LogP) is 2.38. The van der Waals surface area contributed by atoms with E-state index in [0.29, 0.717) is 16.7 Å². The smallest absolute Gasteiger partial charge is 0.251 e. The van der Waals surface area contributed by atoms with Crippen LogP contribution in [0.4, 0.5) is 0 Å². The topological polar surface area (TPSA) is 159 Å². The SMILES string of the molecule is CC(C)(C)NC(=O)c1ccccc1C[C@@H](O)[C@H](Cc1ccccc1)NC(=O)[C@@H](CS(=O)(=O)Cc1ccccc1)NS(C)(=O)=O. The number of hydrogen-bond donors (Lipinski definition) is 4. The third kappa shape index (κ3) is 11.8. The minimum absolute atomic E-state index is 0.0119. The van der Waals surface area contributed by atoms with Crippen molar-refractivity contribution in [1.29, 1.82) is 0 Å². The maximum Gasteiger partial charge on any atom is 0.251 e. The monoisotopic (exact) mass is 643 g/mol. The van der Waals surface area contributed by atoms with Crippen LogP contribution in [-0.4, -0.2) is 69.5 Å². The first kappa shape index (κ1) is 34.9. The van der Waals surface area contributed by atoms with Crippen LogP contribution in [0, 0.1) is 0 Å². The zero-order valence-electron chi connectivity index (χ0n) is 25.4. The van der Waals surface area contributed by atoms with E-state index >= 15 is 0 Å². The van der Waals surface area contributed by atoms with E-state index < -0.39 is 55.2 Å². The van der Waals surface area contributed by atoms with Crippen molar-refractivity contribution in [2.24, 2.45) is 0 Å². The predicted molar refractivity (Wildman–Crippen MR) is 171 cm³/mol. The van der Waals surface area contributed by atoms with E-state index in [0.717, 1.165) is 11.8 Å². The molecule has 0 aliphatic rings. The van der Waals surface area contributed by atoms with Crippen molar-refractivity contribution < 1.29 is 31.5 Å². The molecule has 44 heavy (non-hydrogen) atoms. The van der Waals surface area contributed by atoms with Crippen molar-refractivity contribution in [3.8, 4) is 0 Å². The molecule has 2 amide bonds. The summed E-state index contributed by atoms with van der Waals surface area (Å²) in [5, 5.41) is 17.1. The van der Waals surface area contributed by atoms with E-state index in [1.807, 2.05) is 39.0 Å². The first-order chi connectivity index (χ1) is 20.5. The Balaban J connectivity index is 1.88. The number of sulfonamides is 1. The lowest BCUT2D eigenvalue weighted by Gasteiger charge is -2.28. The Hall–Kier alpha value is -3.58. The van der Waals surface area contributed by atoms with Gasteiger partial charge in [0.2, 0.25) is 15.9 Å². The zero-order chi connectivity index (χ0) is 32.5. The first-order valence-corrected chi connectivity index (χ1v) is 17.9. The van der Waals surface area contributed by atoms with Gasteiger partial charge in [-0.2, -0.15) is 0 Å². The van der Waals surface area contributed by atoms with Crippen molar-refractivity contribution in [2.75, 3.05) is 12.0 Å². The van der Waals surface area contributed by atoms with Crippen molar-refractivity contribution in [2.45, 2.75) is 63.1 Å². The molecule has 0 aliphatic heterocycles. The molecule has 0 aliphatic carbocycles. The quantitative estimate of drug-likeness (QED) is 0.210. The highest BCUT2D eigenvalue weighted by atomic mass is 32.2. The molecule has 4 N–H and O–H groups in total. The summed E-state index contributed by atoms with van der Waals surface area (Å²) in [5.74, 6) is -2.38. The van der Waals surface area contributed by atoms with Crippen molar-refractivity contribution in [3.05, 3.63) is 107 Å². The van der Waals surface area contributed by atoms with E-state index in [1.54, 1.807) is 66.7 Å². The third-order valence-electron chi connectivity index (χ3n) is 6.59. The number of benzene rings is 3. The normalized spacial score (nSPS) is 14.3. The van der Waals surface area contributed by atoms with Crippen LogP contribution in [0.1, 0.15) is 47.8 Å². The average molecular weight is 644 g/mol. The largest absolute Gasteiger partial charge is 0.391 e. The van der Waals surface area contributed by atoms with Gasteiger partial charge < -0.3 is 15.7 Å². The molecule has 3 aromatic carbocycles. The molecule has 3 aromatic rings. The standard InChI is InChI=1S/C32H41N3O7S2/c1-32(2,3)34-30(37)26-18-12-11-17-25(26)20-29(36)27(19-23-13-7-5-8-14-23)33-31(38)28(35-43(4,39)40)22-44(41,42)21-24-15-9-6-10-16-24/h5-18,27-29,35-36H,19-22H2,1-4H3,(H,33,38)(H,34,37)/t27-,28+,29+/m0/s1. The van der Waals surface area contributed by atoms with Crippen LogP contribution in [0.25, 0.3) is 0 Å². The Morgan fingerprint density at radius 2 is 1.34 bits per heavy atom. The molecule has 238 valence electrons. The summed E-state index contributed by atoms with van der Waals surface area (Å²) < 4.78 is 52.6. The van der Waals surface area contributed by atoms with E-state index in [1.165, 1.54) is 0 Å². The molecule has 0 saturated carbocycles. The van der Waals surface area contributed by atoms with E-state index in [-0.39, 0.29) is 24.5 Å². The summed E-state index contributed by atoms with van der Waals surface area (Å²) in [6, 6.07) is 21.6. The van der Waals surface area contributed by atoms with Crippen molar-refractivity contribution in [1.82, 2.24) is 15.4 Å². The molecule has 10 nitrogen and oxygen atoms in total. The number of hydrogen-bond acceptors (Lipinski definition) is 7. The molecule has 3 rings (SSSR count). The fourth-order valence-corrected chi connectivity index (χ4v) is 7.07. The second-order valence-electron chi connectivity index (χ2n) is 11.9. The van der Waals surface area contributed by atoms with Crippen LogP contribution >= 0.6 is 0 Å². The Kier molecular flexibility index (Phi) is 11.8. The van der Waals surface area contributed by atoms with Crippen LogP contribution in [0.15, 0.2) is 84.9 Å². The molecule has 0 radical (unpaired) electrons. The molecule has 0 saturated heterocycles. The highest BCUT2D eigenvalue weighted by Gasteiger charge is 2.32. The number of carbonyl (C=O) groups excluding carboxylic acids is 2. The van der Waals surface area contributed by atoms with Crippen LogP contribution in [-0.2, 0) is 43.2 Å². The maximum absolute atomic E-state index is 13.6.